The highest BCUT2D eigenvalue weighted by Crippen LogP contribution is 2.22. The van der Waals surface area contributed by atoms with Gasteiger partial charge in [0.1, 0.15) is 12.4 Å². The molecule has 1 atom stereocenters. The van der Waals surface area contributed by atoms with Gasteiger partial charge in [-0.25, -0.2) is 0 Å². The summed E-state index contributed by atoms with van der Waals surface area (Å²) >= 11 is 12.0. The molecule has 1 N–H and O–H groups in total. The molecular weight excluding hydrogens is 345 g/mol. The standard InChI is InChI=1S/C19H21Cl2NO2/c1-13-3-8-17(9-4-13)24-12-14(2)22-19(23)10-6-15-5-7-16(20)11-18(15)21/h3-5,7-9,11,14H,6,10,12H2,1-2H3,(H,22,23). The number of hydrogen-bond acceptors (Lipinski definition) is 2. The molecule has 0 saturated heterocycles. The third kappa shape index (κ3) is 6.06. The van der Waals surface area contributed by atoms with E-state index < -0.39 is 0 Å². The molecule has 1 amide bonds. The van der Waals surface area contributed by atoms with Crippen LogP contribution in [0.25, 0.3) is 0 Å². The van der Waals surface area contributed by atoms with Crippen LogP contribution < -0.4 is 10.1 Å². The van der Waals surface area contributed by atoms with Gasteiger partial charge in [-0.1, -0.05) is 47.0 Å². The van der Waals surface area contributed by atoms with E-state index in [0.29, 0.717) is 29.5 Å². The Labute approximate surface area is 152 Å². The molecule has 0 saturated carbocycles. The number of amides is 1. The van der Waals surface area contributed by atoms with Crippen molar-refractivity contribution in [2.24, 2.45) is 0 Å². The molecule has 0 radical (unpaired) electrons. The van der Waals surface area contributed by atoms with E-state index >= 15 is 0 Å². The quantitative estimate of drug-likeness (QED) is 0.763. The van der Waals surface area contributed by atoms with Crippen molar-refractivity contribution in [1.82, 2.24) is 5.32 Å². The van der Waals surface area contributed by atoms with Crippen LogP contribution in [0, 0.1) is 6.92 Å². The van der Waals surface area contributed by atoms with Gasteiger partial charge in [-0.05, 0) is 50.1 Å². The Morgan fingerprint density at radius 2 is 1.88 bits per heavy atom. The molecule has 0 aliphatic rings. The molecule has 0 heterocycles. The first-order valence-electron chi connectivity index (χ1n) is 7.87. The summed E-state index contributed by atoms with van der Waals surface area (Å²) in [5.41, 5.74) is 2.10. The molecule has 0 spiro atoms. The van der Waals surface area contributed by atoms with Gasteiger partial charge in [0.05, 0.1) is 6.04 Å². The molecule has 0 aromatic heterocycles. The van der Waals surface area contributed by atoms with Crippen molar-refractivity contribution >= 4 is 29.1 Å². The van der Waals surface area contributed by atoms with Crippen molar-refractivity contribution in [3.05, 3.63) is 63.6 Å². The van der Waals surface area contributed by atoms with Gasteiger partial charge >= 0.3 is 0 Å². The number of benzene rings is 2. The Hall–Kier alpha value is -1.71. The number of rotatable bonds is 7. The molecule has 0 fully saturated rings. The zero-order chi connectivity index (χ0) is 17.5. The fraction of sp³-hybridized carbons (Fsp3) is 0.316. The van der Waals surface area contributed by atoms with Crippen LogP contribution in [0.5, 0.6) is 5.75 Å². The Balaban J connectivity index is 1.74. The first-order chi connectivity index (χ1) is 11.4. The van der Waals surface area contributed by atoms with Crippen LogP contribution in [0.15, 0.2) is 42.5 Å². The van der Waals surface area contributed by atoms with Crippen LogP contribution in [0.1, 0.15) is 24.5 Å². The average molecular weight is 366 g/mol. The van der Waals surface area contributed by atoms with Gasteiger partial charge in [-0.2, -0.15) is 0 Å². The molecule has 24 heavy (non-hydrogen) atoms. The van der Waals surface area contributed by atoms with Gasteiger partial charge in [0, 0.05) is 16.5 Å². The normalized spacial score (nSPS) is 11.8. The van der Waals surface area contributed by atoms with Crippen LogP contribution in [0.3, 0.4) is 0 Å². The molecule has 2 aromatic rings. The van der Waals surface area contributed by atoms with E-state index in [1.54, 1.807) is 12.1 Å². The van der Waals surface area contributed by atoms with E-state index in [1.807, 2.05) is 44.2 Å². The van der Waals surface area contributed by atoms with Gasteiger partial charge in [0.2, 0.25) is 5.91 Å². The Bertz CT molecular complexity index is 686. The lowest BCUT2D eigenvalue weighted by Gasteiger charge is -2.15. The minimum absolute atomic E-state index is 0.0268. The summed E-state index contributed by atoms with van der Waals surface area (Å²) in [4.78, 5) is 12.0. The Morgan fingerprint density at radius 1 is 1.17 bits per heavy atom. The van der Waals surface area contributed by atoms with E-state index in [9.17, 15) is 4.79 Å². The van der Waals surface area contributed by atoms with Gasteiger partial charge < -0.3 is 10.1 Å². The molecule has 0 aliphatic carbocycles. The van der Waals surface area contributed by atoms with E-state index in [0.717, 1.165) is 11.3 Å². The lowest BCUT2D eigenvalue weighted by atomic mass is 10.1. The second-order valence-electron chi connectivity index (χ2n) is 5.83. The number of carbonyl (C=O) groups excluding carboxylic acids is 1. The summed E-state index contributed by atoms with van der Waals surface area (Å²) in [6.07, 6.45) is 0.948. The van der Waals surface area contributed by atoms with Crippen molar-refractivity contribution in [2.75, 3.05) is 6.61 Å². The number of hydrogen-bond donors (Lipinski definition) is 1. The third-order valence-corrected chi connectivity index (χ3v) is 4.15. The molecule has 0 bridgehead atoms. The summed E-state index contributed by atoms with van der Waals surface area (Å²) in [5, 5.41) is 4.11. The van der Waals surface area contributed by atoms with Gasteiger partial charge in [0.15, 0.2) is 0 Å². The summed E-state index contributed by atoms with van der Waals surface area (Å²) in [5.74, 6) is 0.774. The lowest BCUT2D eigenvalue weighted by molar-refractivity contribution is -0.121. The van der Waals surface area contributed by atoms with Gasteiger partial charge in [-0.3, -0.25) is 4.79 Å². The number of nitrogens with one attached hydrogen (secondary N) is 1. The topological polar surface area (TPSA) is 38.3 Å². The van der Waals surface area contributed by atoms with Crippen LogP contribution in [0.2, 0.25) is 10.0 Å². The zero-order valence-electron chi connectivity index (χ0n) is 13.8. The maximum Gasteiger partial charge on any atom is 0.220 e. The lowest BCUT2D eigenvalue weighted by Crippen LogP contribution is -2.36. The number of aryl methyl sites for hydroxylation is 2. The predicted molar refractivity (Wildman–Crippen MR) is 99.1 cm³/mol. The van der Waals surface area contributed by atoms with Crippen LogP contribution in [0.4, 0.5) is 0 Å². The van der Waals surface area contributed by atoms with Crippen molar-refractivity contribution in [3.63, 3.8) is 0 Å². The van der Waals surface area contributed by atoms with Crippen LogP contribution in [-0.4, -0.2) is 18.6 Å². The first kappa shape index (κ1) is 18.6. The second kappa shape index (κ2) is 8.95. The van der Waals surface area contributed by atoms with Gasteiger partial charge in [0.25, 0.3) is 0 Å². The maximum absolute atomic E-state index is 12.0. The van der Waals surface area contributed by atoms with Crippen molar-refractivity contribution < 1.29 is 9.53 Å². The van der Waals surface area contributed by atoms with Crippen LogP contribution >= 0.6 is 23.2 Å². The number of halogens is 2. The van der Waals surface area contributed by atoms with E-state index in [-0.39, 0.29) is 11.9 Å². The predicted octanol–water partition coefficient (Wildman–Crippen LogP) is 4.82. The first-order valence-corrected chi connectivity index (χ1v) is 8.62. The highest BCUT2D eigenvalue weighted by molar-refractivity contribution is 6.35. The average Bonchev–Trinajstić information content (AvgIpc) is 2.53. The van der Waals surface area contributed by atoms with Crippen molar-refractivity contribution in [1.29, 1.82) is 0 Å². The molecule has 3 nitrogen and oxygen atoms in total. The zero-order valence-corrected chi connectivity index (χ0v) is 15.3. The molecule has 1 unspecified atom stereocenters. The summed E-state index contributed by atoms with van der Waals surface area (Å²) in [6.45, 7) is 4.37. The molecule has 2 rings (SSSR count). The Kier molecular flexibility index (Phi) is 6.95. The summed E-state index contributed by atoms with van der Waals surface area (Å²) in [6, 6.07) is 13.1. The summed E-state index contributed by atoms with van der Waals surface area (Å²) in [7, 11) is 0. The second-order valence-corrected chi connectivity index (χ2v) is 6.67. The number of ether oxygens (including phenoxy) is 1. The monoisotopic (exact) mass is 365 g/mol. The van der Waals surface area contributed by atoms with Crippen LogP contribution in [-0.2, 0) is 11.2 Å². The highest BCUT2D eigenvalue weighted by Gasteiger charge is 2.10. The Morgan fingerprint density at radius 3 is 2.54 bits per heavy atom. The largest absolute Gasteiger partial charge is 0.491 e. The number of carbonyl (C=O) groups is 1. The smallest absolute Gasteiger partial charge is 0.220 e. The molecule has 0 aliphatic heterocycles. The van der Waals surface area contributed by atoms with Gasteiger partial charge in [-0.15, -0.1) is 0 Å². The molecule has 2 aromatic carbocycles. The van der Waals surface area contributed by atoms with E-state index in [2.05, 4.69) is 5.32 Å². The van der Waals surface area contributed by atoms with E-state index in [1.165, 1.54) is 5.56 Å². The highest BCUT2D eigenvalue weighted by atomic mass is 35.5. The molecule has 5 heteroatoms. The fourth-order valence-corrected chi connectivity index (χ4v) is 2.72. The minimum atomic E-state index is -0.0699. The third-order valence-electron chi connectivity index (χ3n) is 3.56. The van der Waals surface area contributed by atoms with Crippen molar-refractivity contribution in [2.45, 2.75) is 32.7 Å². The molecule has 128 valence electrons. The van der Waals surface area contributed by atoms with Crippen molar-refractivity contribution in [3.8, 4) is 5.75 Å². The van der Waals surface area contributed by atoms with E-state index in [4.69, 9.17) is 27.9 Å². The molecular formula is C19H21Cl2NO2. The minimum Gasteiger partial charge on any atom is -0.491 e. The maximum atomic E-state index is 12.0. The SMILES string of the molecule is Cc1ccc(OCC(C)NC(=O)CCc2ccc(Cl)cc2Cl)cc1. The summed E-state index contributed by atoms with van der Waals surface area (Å²) < 4.78 is 5.67. The fourth-order valence-electron chi connectivity index (χ4n) is 2.22.